The zero-order valence-corrected chi connectivity index (χ0v) is 13.3. The molecule has 1 rings (SSSR count). The van der Waals surface area contributed by atoms with E-state index in [9.17, 15) is 4.79 Å². The van der Waals surface area contributed by atoms with Crippen LogP contribution in [0.5, 0.6) is 5.75 Å². The summed E-state index contributed by atoms with van der Waals surface area (Å²) in [6.45, 7) is 6.36. The Morgan fingerprint density at radius 1 is 1.45 bits per heavy atom. The van der Waals surface area contributed by atoms with E-state index in [-0.39, 0.29) is 10.9 Å². The zero-order valence-electron chi connectivity index (χ0n) is 11.8. The summed E-state index contributed by atoms with van der Waals surface area (Å²) in [7, 11) is 0. The maximum atomic E-state index is 11.8. The predicted octanol–water partition coefficient (Wildman–Crippen LogP) is 2.51. The molecule has 20 heavy (non-hydrogen) atoms. The summed E-state index contributed by atoms with van der Waals surface area (Å²) in [4.78, 5) is 12.0. The Labute approximate surface area is 129 Å². The Balaban J connectivity index is 2.66. The highest BCUT2D eigenvalue weighted by Gasteiger charge is 2.15. The molecule has 0 fully saturated rings. The molecular weight excluding hydrogens is 296 g/mol. The molecule has 3 N–H and O–H groups in total. The van der Waals surface area contributed by atoms with Gasteiger partial charge in [-0.2, -0.15) is 0 Å². The Kier molecular flexibility index (Phi) is 6.23. The quantitative estimate of drug-likeness (QED) is 0.792. The minimum atomic E-state index is -0.597. The molecule has 0 spiro atoms. The highest BCUT2D eigenvalue weighted by molar-refractivity contribution is 7.80. The lowest BCUT2D eigenvalue weighted by molar-refractivity contribution is -0.127. The van der Waals surface area contributed by atoms with Crippen LogP contribution in [0, 0.1) is 5.92 Å². The Bertz CT molecular complexity index is 506. The number of hydrogen-bond donors (Lipinski definition) is 2. The van der Waals surface area contributed by atoms with Crippen molar-refractivity contribution in [2.45, 2.75) is 26.9 Å². The Morgan fingerprint density at radius 2 is 2.10 bits per heavy atom. The first-order valence-electron chi connectivity index (χ1n) is 6.35. The van der Waals surface area contributed by atoms with E-state index in [0.29, 0.717) is 28.8 Å². The molecule has 0 aliphatic heterocycles. The van der Waals surface area contributed by atoms with Crippen molar-refractivity contribution in [3.05, 3.63) is 28.8 Å². The van der Waals surface area contributed by atoms with Crippen molar-refractivity contribution < 1.29 is 9.53 Å². The van der Waals surface area contributed by atoms with Crippen LogP contribution in [0.25, 0.3) is 0 Å². The number of hydrogen-bond acceptors (Lipinski definition) is 3. The summed E-state index contributed by atoms with van der Waals surface area (Å²) in [5.41, 5.74) is 6.11. The number of benzene rings is 1. The lowest BCUT2D eigenvalue weighted by atomic mass is 10.2. The second-order valence-electron chi connectivity index (χ2n) is 4.90. The maximum absolute atomic E-state index is 11.8. The lowest BCUT2D eigenvalue weighted by Gasteiger charge is -2.16. The van der Waals surface area contributed by atoms with Crippen molar-refractivity contribution in [1.29, 1.82) is 0 Å². The summed E-state index contributed by atoms with van der Waals surface area (Å²) in [5.74, 6) is 0.737. The SMILES string of the molecule is CC(C)CNC(=O)C(C)Oc1ccc(C(N)=S)c(Cl)c1. The summed E-state index contributed by atoms with van der Waals surface area (Å²) in [6, 6.07) is 4.97. The van der Waals surface area contributed by atoms with E-state index in [2.05, 4.69) is 5.32 Å². The number of halogens is 1. The van der Waals surface area contributed by atoms with E-state index >= 15 is 0 Å². The molecule has 1 amide bonds. The standard InChI is InChI=1S/C14H19ClN2O2S/c1-8(2)7-17-14(18)9(3)19-10-4-5-11(13(16)20)12(15)6-10/h4-6,8-9H,7H2,1-3H3,(H2,16,20)(H,17,18). The van der Waals surface area contributed by atoms with Gasteiger partial charge in [0.25, 0.3) is 5.91 Å². The van der Waals surface area contributed by atoms with Crippen molar-refractivity contribution in [2.75, 3.05) is 6.54 Å². The van der Waals surface area contributed by atoms with E-state index in [1.165, 1.54) is 0 Å². The lowest BCUT2D eigenvalue weighted by Crippen LogP contribution is -2.38. The first-order valence-corrected chi connectivity index (χ1v) is 7.13. The van der Waals surface area contributed by atoms with Crippen molar-refractivity contribution in [3.8, 4) is 5.75 Å². The van der Waals surface area contributed by atoms with Gasteiger partial charge in [0.15, 0.2) is 6.10 Å². The summed E-state index contributed by atoms with van der Waals surface area (Å²) in [6.07, 6.45) is -0.597. The van der Waals surface area contributed by atoms with Crippen LogP contribution in [0.15, 0.2) is 18.2 Å². The number of carbonyl (C=O) groups excluding carboxylic acids is 1. The number of carbonyl (C=O) groups is 1. The summed E-state index contributed by atoms with van der Waals surface area (Å²) >= 11 is 10.9. The van der Waals surface area contributed by atoms with Gasteiger partial charge in [0, 0.05) is 12.1 Å². The predicted molar refractivity (Wildman–Crippen MR) is 85.3 cm³/mol. The second-order valence-corrected chi connectivity index (χ2v) is 5.75. The van der Waals surface area contributed by atoms with Crippen molar-refractivity contribution in [1.82, 2.24) is 5.32 Å². The molecule has 0 radical (unpaired) electrons. The molecule has 4 nitrogen and oxygen atoms in total. The number of rotatable bonds is 6. The van der Waals surface area contributed by atoms with Crippen LogP contribution in [0.4, 0.5) is 0 Å². The average molecular weight is 315 g/mol. The smallest absolute Gasteiger partial charge is 0.260 e. The molecule has 0 aliphatic carbocycles. The Hall–Kier alpha value is -1.33. The number of nitrogens with one attached hydrogen (secondary N) is 1. The first kappa shape index (κ1) is 16.7. The average Bonchev–Trinajstić information content (AvgIpc) is 2.35. The van der Waals surface area contributed by atoms with Gasteiger partial charge < -0.3 is 15.8 Å². The van der Waals surface area contributed by atoms with E-state index in [1.807, 2.05) is 13.8 Å². The van der Waals surface area contributed by atoms with Gasteiger partial charge in [-0.3, -0.25) is 4.79 Å². The molecular formula is C14H19ClN2O2S. The van der Waals surface area contributed by atoms with Gasteiger partial charge in [-0.15, -0.1) is 0 Å². The monoisotopic (exact) mass is 314 g/mol. The summed E-state index contributed by atoms with van der Waals surface area (Å²) < 4.78 is 5.54. The fourth-order valence-electron chi connectivity index (χ4n) is 1.48. The molecule has 6 heteroatoms. The van der Waals surface area contributed by atoms with Gasteiger partial charge in [-0.1, -0.05) is 37.7 Å². The van der Waals surface area contributed by atoms with Gasteiger partial charge in [-0.05, 0) is 31.0 Å². The highest BCUT2D eigenvalue weighted by Crippen LogP contribution is 2.23. The van der Waals surface area contributed by atoms with Gasteiger partial charge in [0.2, 0.25) is 0 Å². The third-order valence-electron chi connectivity index (χ3n) is 2.57. The number of thiocarbonyl (C=S) groups is 1. The topological polar surface area (TPSA) is 64.3 Å². The normalized spacial score (nSPS) is 12.1. The summed E-state index contributed by atoms with van der Waals surface area (Å²) in [5, 5.41) is 3.22. The molecule has 1 aromatic carbocycles. The van der Waals surface area contributed by atoms with Gasteiger partial charge in [0.1, 0.15) is 10.7 Å². The van der Waals surface area contributed by atoms with Crippen LogP contribution >= 0.6 is 23.8 Å². The van der Waals surface area contributed by atoms with Gasteiger partial charge >= 0.3 is 0 Å². The largest absolute Gasteiger partial charge is 0.481 e. The molecule has 0 aromatic heterocycles. The van der Waals surface area contributed by atoms with Crippen molar-refractivity contribution in [2.24, 2.45) is 11.7 Å². The van der Waals surface area contributed by atoms with Crippen LogP contribution in [-0.4, -0.2) is 23.5 Å². The van der Waals surface area contributed by atoms with Crippen LogP contribution in [0.1, 0.15) is 26.3 Å². The van der Waals surface area contributed by atoms with Crippen molar-refractivity contribution >= 4 is 34.7 Å². The maximum Gasteiger partial charge on any atom is 0.260 e. The highest BCUT2D eigenvalue weighted by atomic mass is 35.5. The third kappa shape index (κ3) is 4.98. The molecule has 110 valence electrons. The van der Waals surface area contributed by atoms with Crippen molar-refractivity contribution in [3.63, 3.8) is 0 Å². The molecule has 0 aliphatic rings. The van der Waals surface area contributed by atoms with E-state index in [0.717, 1.165) is 0 Å². The molecule has 1 aromatic rings. The fraction of sp³-hybridized carbons (Fsp3) is 0.429. The molecule has 0 heterocycles. The fourth-order valence-corrected chi connectivity index (χ4v) is 1.98. The minimum absolute atomic E-state index is 0.159. The molecule has 1 unspecified atom stereocenters. The van der Waals surface area contributed by atoms with Crippen LogP contribution in [0.2, 0.25) is 5.02 Å². The third-order valence-corrected chi connectivity index (χ3v) is 3.11. The van der Waals surface area contributed by atoms with E-state index in [1.54, 1.807) is 25.1 Å². The zero-order chi connectivity index (χ0) is 15.3. The first-order chi connectivity index (χ1) is 9.31. The van der Waals surface area contributed by atoms with Crippen LogP contribution < -0.4 is 15.8 Å². The Morgan fingerprint density at radius 3 is 2.60 bits per heavy atom. The minimum Gasteiger partial charge on any atom is -0.481 e. The van der Waals surface area contributed by atoms with Crippen LogP contribution in [-0.2, 0) is 4.79 Å². The van der Waals surface area contributed by atoms with E-state index < -0.39 is 6.10 Å². The van der Waals surface area contributed by atoms with Gasteiger partial charge in [0.05, 0.1) is 5.02 Å². The van der Waals surface area contributed by atoms with E-state index in [4.69, 9.17) is 34.3 Å². The number of ether oxygens (including phenoxy) is 1. The second kappa shape index (κ2) is 7.45. The molecule has 1 atom stereocenters. The molecule has 0 bridgehead atoms. The number of nitrogens with two attached hydrogens (primary N) is 1. The van der Waals surface area contributed by atoms with Gasteiger partial charge in [-0.25, -0.2) is 0 Å². The van der Waals surface area contributed by atoms with Crippen LogP contribution in [0.3, 0.4) is 0 Å². The molecule has 0 saturated heterocycles. The molecule has 0 saturated carbocycles. The number of amides is 1.